The largest absolute Gasteiger partial charge is 0.346 e. The fourth-order valence-corrected chi connectivity index (χ4v) is 2.06. The van der Waals surface area contributed by atoms with Crippen LogP contribution in [-0.4, -0.2) is 5.91 Å². The monoisotopic (exact) mass is 265 g/mol. The van der Waals surface area contributed by atoms with Crippen molar-refractivity contribution in [2.24, 2.45) is 0 Å². The average molecular weight is 265 g/mol. The first-order valence-electron chi connectivity index (χ1n) is 6.88. The molecule has 0 saturated heterocycles. The number of amides is 1. The summed E-state index contributed by atoms with van der Waals surface area (Å²) in [7, 11) is 0. The summed E-state index contributed by atoms with van der Waals surface area (Å²) < 4.78 is 0. The number of rotatable bonds is 5. The molecular formula is C18H19NO. The van der Waals surface area contributed by atoms with Crippen molar-refractivity contribution in [2.45, 2.75) is 19.4 Å². The van der Waals surface area contributed by atoms with E-state index in [2.05, 4.69) is 12.2 Å². The normalized spacial score (nSPS) is 12.2. The molecule has 1 amide bonds. The molecule has 1 unspecified atom stereocenters. The zero-order chi connectivity index (χ0) is 14.2. The molecule has 0 saturated carbocycles. The van der Waals surface area contributed by atoms with Crippen molar-refractivity contribution in [2.75, 3.05) is 0 Å². The molecular weight excluding hydrogens is 246 g/mol. The van der Waals surface area contributed by atoms with Crippen LogP contribution in [0.5, 0.6) is 0 Å². The summed E-state index contributed by atoms with van der Waals surface area (Å²) in [5.74, 6) is -0.0652. The van der Waals surface area contributed by atoms with Crippen LogP contribution in [0.4, 0.5) is 0 Å². The Labute approximate surface area is 120 Å². The number of nitrogens with one attached hydrogen (secondary N) is 1. The van der Waals surface area contributed by atoms with Gasteiger partial charge in [-0.3, -0.25) is 4.79 Å². The molecule has 0 aromatic heterocycles. The molecule has 2 rings (SSSR count). The first kappa shape index (κ1) is 14.1. The molecule has 102 valence electrons. The van der Waals surface area contributed by atoms with Crippen LogP contribution in [0.25, 0.3) is 6.08 Å². The maximum absolute atomic E-state index is 12.0. The van der Waals surface area contributed by atoms with Crippen LogP contribution in [0.3, 0.4) is 0 Å². The van der Waals surface area contributed by atoms with E-state index < -0.39 is 0 Å². The average Bonchev–Trinajstić information content (AvgIpc) is 2.52. The smallest absolute Gasteiger partial charge is 0.244 e. The minimum Gasteiger partial charge on any atom is -0.346 e. The molecule has 0 heterocycles. The Hall–Kier alpha value is -2.35. The van der Waals surface area contributed by atoms with E-state index in [4.69, 9.17) is 0 Å². The van der Waals surface area contributed by atoms with Crippen molar-refractivity contribution in [3.8, 4) is 0 Å². The Balaban J connectivity index is 1.98. The molecule has 0 aliphatic heterocycles. The maximum Gasteiger partial charge on any atom is 0.244 e. The molecule has 2 heteroatoms. The second-order valence-corrected chi connectivity index (χ2v) is 4.62. The van der Waals surface area contributed by atoms with Crippen molar-refractivity contribution in [3.05, 3.63) is 77.9 Å². The zero-order valence-corrected chi connectivity index (χ0v) is 11.6. The van der Waals surface area contributed by atoms with Gasteiger partial charge in [0.1, 0.15) is 0 Å². The van der Waals surface area contributed by atoms with Gasteiger partial charge in [-0.1, -0.05) is 67.6 Å². The summed E-state index contributed by atoms with van der Waals surface area (Å²) in [6.07, 6.45) is 4.28. The first-order chi connectivity index (χ1) is 9.79. The summed E-state index contributed by atoms with van der Waals surface area (Å²) in [6, 6.07) is 19.9. The Kier molecular flexibility index (Phi) is 5.13. The molecule has 0 aliphatic rings. The van der Waals surface area contributed by atoms with Crippen LogP contribution in [0.1, 0.15) is 30.5 Å². The van der Waals surface area contributed by atoms with Gasteiger partial charge in [0.05, 0.1) is 6.04 Å². The van der Waals surface area contributed by atoms with Gasteiger partial charge in [-0.25, -0.2) is 0 Å². The lowest BCUT2D eigenvalue weighted by atomic mass is 10.0. The highest BCUT2D eigenvalue weighted by Crippen LogP contribution is 2.15. The topological polar surface area (TPSA) is 29.1 Å². The lowest BCUT2D eigenvalue weighted by Gasteiger charge is -2.16. The summed E-state index contributed by atoms with van der Waals surface area (Å²) in [4.78, 5) is 12.0. The van der Waals surface area contributed by atoms with Gasteiger partial charge in [-0.2, -0.15) is 0 Å². The Morgan fingerprint density at radius 3 is 2.25 bits per heavy atom. The van der Waals surface area contributed by atoms with E-state index in [0.717, 1.165) is 17.5 Å². The Morgan fingerprint density at radius 2 is 1.65 bits per heavy atom. The van der Waals surface area contributed by atoms with Gasteiger partial charge >= 0.3 is 0 Å². The molecule has 0 aliphatic carbocycles. The standard InChI is InChI=1S/C18H19NO/c1-2-17(16-11-7-4-8-12-16)19-18(20)14-13-15-9-5-3-6-10-15/h3-14,17H,2H2,1H3,(H,19,20). The van der Waals surface area contributed by atoms with Gasteiger partial charge in [-0.05, 0) is 23.6 Å². The molecule has 0 fully saturated rings. The molecule has 20 heavy (non-hydrogen) atoms. The molecule has 1 N–H and O–H groups in total. The highest BCUT2D eigenvalue weighted by atomic mass is 16.1. The Morgan fingerprint density at radius 1 is 1.05 bits per heavy atom. The van der Waals surface area contributed by atoms with E-state index in [0.29, 0.717) is 0 Å². The lowest BCUT2D eigenvalue weighted by Crippen LogP contribution is -2.26. The molecule has 0 radical (unpaired) electrons. The lowest BCUT2D eigenvalue weighted by molar-refractivity contribution is -0.117. The minimum atomic E-state index is -0.0652. The SMILES string of the molecule is CCC(NC(=O)C=Cc1ccccc1)c1ccccc1. The quantitative estimate of drug-likeness (QED) is 0.814. The number of carbonyl (C=O) groups excluding carboxylic acids is 1. The molecule has 2 aromatic rings. The Bertz CT molecular complexity index is 560. The van der Waals surface area contributed by atoms with Gasteiger partial charge in [0, 0.05) is 6.08 Å². The summed E-state index contributed by atoms with van der Waals surface area (Å²) in [5.41, 5.74) is 2.16. The van der Waals surface area contributed by atoms with Crippen LogP contribution in [0.2, 0.25) is 0 Å². The predicted octanol–water partition coefficient (Wildman–Crippen LogP) is 3.97. The predicted molar refractivity (Wildman–Crippen MR) is 83.1 cm³/mol. The fourth-order valence-electron chi connectivity index (χ4n) is 2.06. The van der Waals surface area contributed by atoms with E-state index in [1.165, 1.54) is 0 Å². The van der Waals surface area contributed by atoms with Crippen molar-refractivity contribution >= 4 is 12.0 Å². The summed E-state index contributed by atoms with van der Waals surface area (Å²) in [6.45, 7) is 2.07. The van der Waals surface area contributed by atoms with Crippen molar-refractivity contribution in [1.82, 2.24) is 5.32 Å². The highest BCUT2D eigenvalue weighted by Gasteiger charge is 2.10. The van der Waals surface area contributed by atoms with Gasteiger partial charge in [0.2, 0.25) is 5.91 Å². The number of carbonyl (C=O) groups is 1. The van der Waals surface area contributed by atoms with Gasteiger partial charge in [-0.15, -0.1) is 0 Å². The van der Waals surface area contributed by atoms with Crippen molar-refractivity contribution in [1.29, 1.82) is 0 Å². The summed E-state index contributed by atoms with van der Waals surface area (Å²) >= 11 is 0. The van der Waals surface area contributed by atoms with Crippen LogP contribution >= 0.6 is 0 Å². The third-order valence-corrected chi connectivity index (χ3v) is 3.15. The van der Waals surface area contributed by atoms with E-state index >= 15 is 0 Å². The third-order valence-electron chi connectivity index (χ3n) is 3.15. The minimum absolute atomic E-state index is 0.0594. The van der Waals surface area contributed by atoms with E-state index in [1.54, 1.807) is 6.08 Å². The molecule has 0 bridgehead atoms. The highest BCUT2D eigenvalue weighted by molar-refractivity contribution is 5.91. The summed E-state index contributed by atoms with van der Waals surface area (Å²) in [5, 5.41) is 3.03. The van der Waals surface area contributed by atoms with Gasteiger partial charge < -0.3 is 5.32 Å². The third kappa shape index (κ3) is 4.09. The van der Waals surface area contributed by atoms with E-state index in [1.807, 2.05) is 66.7 Å². The van der Waals surface area contributed by atoms with Crippen LogP contribution in [-0.2, 0) is 4.79 Å². The molecule has 1 atom stereocenters. The number of hydrogen-bond acceptors (Lipinski definition) is 1. The zero-order valence-electron chi connectivity index (χ0n) is 11.6. The number of benzene rings is 2. The van der Waals surface area contributed by atoms with Crippen molar-refractivity contribution in [3.63, 3.8) is 0 Å². The van der Waals surface area contributed by atoms with Gasteiger partial charge in [0.15, 0.2) is 0 Å². The van der Waals surface area contributed by atoms with Gasteiger partial charge in [0.25, 0.3) is 0 Å². The molecule has 2 aromatic carbocycles. The van der Waals surface area contributed by atoms with Crippen LogP contribution in [0.15, 0.2) is 66.7 Å². The maximum atomic E-state index is 12.0. The molecule has 0 spiro atoms. The van der Waals surface area contributed by atoms with E-state index in [-0.39, 0.29) is 11.9 Å². The second kappa shape index (κ2) is 7.29. The second-order valence-electron chi connectivity index (χ2n) is 4.62. The van der Waals surface area contributed by atoms with Crippen LogP contribution in [0, 0.1) is 0 Å². The van der Waals surface area contributed by atoms with E-state index in [9.17, 15) is 4.79 Å². The van der Waals surface area contributed by atoms with Crippen molar-refractivity contribution < 1.29 is 4.79 Å². The van der Waals surface area contributed by atoms with Crippen LogP contribution < -0.4 is 5.32 Å². The fraction of sp³-hybridized carbons (Fsp3) is 0.167. The molecule has 2 nitrogen and oxygen atoms in total. The number of hydrogen-bond donors (Lipinski definition) is 1. The first-order valence-corrected chi connectivity index (χ1v) is 6.88.